The first-order chi connectivity index (χ1) is 4.16. The normalized spacial score (nSPS) is 9.78. The number of carbonyl (C=O) groups is 2. The highest BCUT2D eigenvalue weighted by Crippen LogP contribution is 1.78. The number of carboxylic acid groups (broad SMARTS) is 1. The van der Waals surface area contributed by atoms with Gasteiger partial charge in [0, 0.05) is 0 Å². The molecule has 9 heavy (non-hydrogen) atoms. The molecule has 0 aromatic heterocycles. The molecular weight excluding hydrogens is 126 g/mol. The smallest absolute Gasteiger partial charge is 0.311 e. The Bertz CT molecular complexity index is 151. The first-order valence-electron chi connectivity index (χ1n) is 2.09. The summed E-state index contributed by atoms with van der Waals surface area (Å²) in [7, 11) is 0. The molecule has 0 unspecified atom stereocenters. The molecule has 0 bridgehead atoms. The van der Waals surface area contributed by atoms with E-state index < -0.39 is 18.2 Å². The molecule has 0 heterocycles. The van der Waals surface area contributed by atoms with Gasteiger partial charge in [-0.3, -0.25) is 9.59 Å². The van der Waals surface area contributed by atoms with Gasteiger partial charge < -0.3 is 10.3 Å². The van der Waals surface area contributed by atoms with Crippen LogP contribution in [-0.2, 0) is 9.59 Å². The maximum Gasteiger partial charge on any atom is 0.311 e. The summed E-state index contributed by atoms with van der Waals surface area (Å²) < 4.78 is 0. The third kappa shape index (κ3) is 4.46. The highest BCUT2D eigenvalue weighted by Gasteiger charge is 2.03. The fourth-order valence-corrected chi connectivity index (χ4v) is 0.259. The van der Waals surface area contributed by atoms with E-state index in [1.54, 1.807) is 0 Å². The minimum absolute atomic E-state index is 0.550. The molecule has 0 rings (SSSR count). The summed E-state index contributed by atoms with van der Waals surface area (Å²) in [4.78, 5) is 19.9. The number of nitrogens with zero attached hydrogens (tertiary/aromatic N) is 1. The summed E-state index contributed by atoms with van der Waals surface area (Å²) in [5.74, 6) is -1.97. The van der Waals surface area contributed by atoms with E-state index in [1.807, 2.05) is 0 Å². The molecule has 0 atom stereocenters. The maximum absolute atomic E-state index is 10.2. The van der Waals surface area contributed by atoms with Crippen molar-refractivity contribution >= 4 is 18.0 Å². The van der Waals surface area contributed by atoms with Crippen LogP contribution in [-0.4, -0.2) is 28.3 Å². The van der Waals surface area contributed by atoms with Crippen molar-refractivity contribution < 1.29 is 19.9 Å². The highest BCUT2D eigenvalue weighted by atomic mass is 16.4. The van der Waals surface area contributed by atoms with Crippen molar-refractivity contribution in [2.75, 3.05) is 0 Å². The lowest BCUT2D eigenvalue weighted by atomic mass is 10.3. The Hall–Kier alpha value is -1.39. The van der Waals surface area contributed by atoms with Gasteiger partial charge in [0.05, 0.1) is 0 Å². The maximum atomic E-state index is 10.2. The number of carboxylic acids is 1. The quantitative estimate of drug-likeness (QED) is 0.234. The Kier molecular flexibility index (Phi) is 3.04. The zero-order valence-electron chi connectivity index (χ0n) is 4.44. The molecule has 0 amide bonds. The van der Waals surface area contributed by atoms with Crippen LogP contribution in [0.3, 0.4) is 0 Å². The summed E-state index contributed by atoms with van der Waals surface area (Å²) in [5.41, 5.74) is 0. The minimum Gasteiger partial charge on any atom is -0.481 e. The van der Waals surface area contributed by atoms with Crippen molar-refractivity contribution in [1.29, 1.82) is 0 Å². The van der Waals surface area contributed by atoms with Gasteiger partial charge >= 0.3 is 5.97 Å². The zero-order chi connectivity index (χ0) is 7.28. The average molecular weight is 131 g/mol. The molecule has 0 aromatic carbocycles. The molecule has 0 aliphatic rings. The van der Waals surface area contributed by atoms with Gasteiger partial charge in [-0.15, -0.1) is 0 Å². The number of carbonyl (C=O) groups excluding carboxylic acids is 1. The Labute approximate surface area is 50.6 Å². The van der Waals surface area contributed by atoms with Gasteiger partial charge in [0.25, 0.3) is 0 Å². The second kappa shape index (κ2) is 3.59. The average Bonchev–Trinajstić information content (AvgIpc) is 1.63. The lowest BCUT2D eigenvalue weighted by Gasteiger charge is -1.82. The number of aliphatic carboxylic acids is 1. The number of Topliss-reactive ketones (excluding diaryl/α,β-unsaturated/α-hetero) is 1. The van der Waals surface area contributed by atoms with Gasteiger partial charge in [-0.25, -0.2) is 0 Å². The number of ketones is 1. The van der Waals surface area contributed by atoms with Crippen LogP contribution < -0.4 is 0 Å². The standard InChI is InChI=1S/C4H5NO4/c6-3(2-5-9)1-4(7)8/h2,9H,1H2,(H,7,8)/b5-2-. The number of oxime groups is 1. The van der Waals surface area contributed by atoms with Crippen LogP contribution >= 0.6 is 0 Å². The lowest BCUT2D eigenvalue weighted by molar-refractivity contribution is -0.138. The topological polar surface area (TPSA) is 87.0 Å². The summed E-state index contributed by atoms with van der Waals surface area (Å²) in [6, 6.07) is 0. The minimum atomic E-state index is -1.24. The van der Waals surface area contributed by atoms with Crippen molar-refractivity contribution in [2.45, 2.75) is 6.42 Å². The third-order valence-electron chi connectivity index (χ3n) is 0.527. The molecule has 0 aromatic rings. The summed E-state index contributed by atoms with van der Waals surface area (Å²) >= 11 is 0. The van der Waals surface area contributed by atoms with E-state index in [-0.39, 0.29) is 0 Å². The predicted octanol–water partition coefficient (Wildman–Crippen LogP) is -0.510. The van der Waals surface area contributed by atoms with E-state index in [0.717, 1.165) is 0 Å². The van der Waals surface area contributed by atoms with Crippen molar-refractivity contribution in [3.05, 3.63) is 0 Å². The van der Waals surface area contributed by atoms with Crippen LogP contribution in [0.4, 0.5) is 0 Å². The van der Waals surface area contributed by atoms with E-state index in [1.165, 1.54) is 0 Å². The van der Waals surface area contributed by atoms with Crippen molar-refractivity contribution in [2.24, 2.45) is 5.16 Å². The molecule has 0 aliphatic heterocycles. The van der Waals surface area contributed by atoms with E-state index in [0.29, 0.717) is 6.21 Å². The summed E-state index contributed by atoms with van der Waals surface area (Å²) in [6.07, 6.45) is -0.0851. The largest absolute Gasteiger partial charge is 0.481 e. The lowest BCUT2D eigenvalue weighted by Crippen LogP contribution is -2.06. The summed E-state index contributed by atoms with van der Waals surface area (Å²) in [5, 5.41) is 18.0. The molecule has 0 radical (unpaired) electrons. The van der Waals surface area contributed by atoms with Gasteiger partial charge in [-0.2, -0.15) is 0 Å². The SMILES string of the molecule is O=C(O)CC(=O)/C=N\O. The van der Waals surface area contributed by atoms with E-state index in [4.69, 9.17) is 10.3 Å². The second-order valence-electron chi connectivity index (χ2n) is 1.28. The van der Waals surface area contributed by atoms with Crippen molar-refractivity contribution in [1.82, 2.24) is 0 Å². The van der Waals surface area contributed by atoms with Gasteiger partial charge in [-0.1, -0.05) is 5.16 Å². The Morgan fingerprint density at radius 2 is 2.11 bits per heavy atom. The van der Waals surface area contributed by atoms with Crippen LogP contribution in [0.5, 0.6) is 0 Å². The highest BCUT2D eigenvalue weighted by molar-refractivity contribution is 6.30. The molecular formula is C4H5NO4. The molecule has 0 saturated heterocycles. The summed E-state index contributed by atoms with van der Waals surface area (Å²) in [6.45, 7) is 0. The fraction of sp³-hybridized carbons (Fsp3) is 0.250. The van der Waals surface area contributed by atoms with Gasteiger partial charge in [-0.05, 0) is 0 Å². The second-order valence-corrected chi connectivity index (χ2v) is 1.28. The van der Waals surface area contributed by atoms with Crippen LogP contribution in [0.15, 0.2) is 5.16 Å². The molecule has 0 aliphatic carbocycles. The molecule has 2 N–H and O–H groups in total. The van der Waals surface area contributed by atoms with Crippen LogP contribution in [0.25, 0.3) is 0 Å². The number of hydrogen-bond acceptors (Lipinski definition) is 4. The first kappa shape index (κ1) is 7.61. The fourth-order valence-electron chi connectivity index (χ4n) is 0.259. The van der Waals surface area contributed by atoms with Crippen molar-refractivity contribution in [3.63, 3.8) is 0 Å². The third-order valence-corrected chi connectivity index (χ3v) is 0.527. The van der Waals surface area contributed by atoms with Crippen LogP contribution in [0.1, 0.15) is 6.42 Å². The molecule has 0 spiro atoms. The number of rotatable bonds is 3. The molecule has 5 nitrogen and oxygen atoms in total. The Morgan fingerprint density at radius 3 is 2.44 bits per heavy atom. The van der Waals surface area contributed by atoms with Crippen LogP contribution in [0, 0.1) is 0 Å². The molecule has 0 fully saturated rings. The Morgan fingerprint density at radius 1 is 1.56 bits per heavy atom. The van der Waals surface area contributed by atoms with Crippen LogP contribution in [0.2, 0.25) is 0 Å². The Balaban J connectivity index is 3.64. The van der Waals surface area contributed by atoms with Crippen molar-refractivity contribution in [3.8, 4) is 0 Å². The molecule has 0 saturated carbocycles. The monoisotopic (exact) mass is 131 g/mol. The van der Waals surface area contributed by atoms with Gasteiger partial charge in [0.1, 0.15) is 12.6 Å². The number of hydrogen-bond donors (Lipinski definition) is 2. The predicted molar refractivity (Wildman–Crippen MR) is 27.5 cm³/mol. The van der Waals surface area contributed by atoms with Gasteiger partial charge in [0.15, 0.2) is 5.78 Å². The van der Waals surface area contributed by atoms with E-state index >= 15 is 0 Å². The zero-order valence-corrected chi connectivity index (χ0v) is 4.44. The van der Waals surface area contributed by atoms with Gasteiger partial charge in [0.2, 0.25) is 0 Å². The molecule has 5 heteroatoms. The van der Waals surface area contributed by atoms with E-state index in [2.05, 4.69) is 5.16 Å². The van der Waals surface area contributed by atoms with E-state index in [9.17, 15) is 9.59 Å². The molecule has 50 valence electrons. The first-order valence-corrected chi connectivity index (χ1v) is 2.09.